The lowest BCUT2D eigenvalue weighted by Gasteiger charge is -2.22. The van der Waals surface area contributed by atoms with Crippen LogP contribution >= 0.6 is 0 Å². The molecule has 1 fully saturated rings. The first-order valence-electron chi connectivity index (χ1n) is 7.22. The van der Waals surface area contributed by atoms with Crippen LogP contribution in [0.3, 0.4) is 0 Å². The molecule has 0 atom stereocenters. The molecule has 0 unspecified atom stereocenters. The van der Waals surface area contributed by atoms with Crippen molar-refractivity contribution in [1.29, 1.82) is 0 Å². The Hall–Kier alpha value is -1.63. The van der Waals surface area contributed by atoms with Gasteiger partial charge < -0.3 is 10.6 Å². The van der Waals surface area contributed by atoms with Gasteiger partial charge in [-0.15, -0.1) is 0 Å². The Morgan fingerprint density at radius 2 is 2.05 bits per heavy atom. The van der Waals surface area contributed by atoms with Crippen LogP contribution in [0.5, 0.6) is 0 Å². The summed E-state index contributed by atoms with van der Waals surface area (Å²) in [6, 6.07) is 5.17. The van der Waals surface area contributed by atoms with Crippen molar-refractivity contribution < 1.29 is 13.2 Å². The maximum Gasteiger partial charge on any atom is 0.270 e. The molecule has 1 aliphatic heterocycles. The second kappa shape index (κ2) is 6.89. The molecule has 2 N–H and O–H groups in total. The molecule has 1 saturated heterocycles. The highest BCUT2D eigenvalue weighted by Crippen LogP contribution is 2.13. The molecular formula is C14H21N3O3S. The largest absolute Gasteiger partial charge is 0.370 e. The number of pyridine rings is 1. The van der Waals surface area contributed by atoms with Crippen LogP contribution in [-0.2, 0) is 9.84 Å². The van der Waals surface area contributed by atoms with Crippen LogP contribution in [-0.4, -0.2) is 43.4 Å². The Kier molecular flexibility index (Phi) is 5.17. The SMILES string of the molecule is CCCNc1cccc(C(=O)NC2CCS(=O)(=O)CC2)n1. The summed E-state index contributed by atoms with van der Waals surface area (Å²) in [5.74, 6) is 0.711. The van der Waals surface area contributed by atoms with Crippen molar-refractivity contribution in [2.45, 2.75) is 32.2 Å². The van der Waals surface area contributed by atoms with Crippen molar-refractivity contribution in [3.8, 4) is 0 Å². The lowest BCUT2D eigenvalue weighted by Crippen LogP contribution is -2.41. The molecule has 7 heteroatoms. The topological polar surface area (TPSA) is 88.2 Å². The molecule has 0 aromatic carbocycles. The van der Waals surface area contributed by atoms with E-state index < -0.39 is 9.84 Å². The average molecular weight is 311 g/mol. The van der Waals surface area contributed by atoms with Crippen molar-refractivity contribution in [2.24, 2.45) is 0 Å². The Bertz CT molecular complexity index is 587. The van der Waals surface area contributed by atoms with E-state index in [0.717, 1.165) is 13.0 Å². The second-order valence-electron chi connectivity index (χ2n) is 5.23. The molecular weight excluding hydrogens is 290 g/mol. The molecule has 0 aliphatic carbocycles. The monoisotopic (exact) mass is 311 g/mol. The molecule has 21 heavy (non-hydrogen) atoms. The third kappa shape index (κ3) is 4.70. The van der Waals surface area contributed by atoms with E-state index in [4.69, 9.17) is 0 Å². The van der Waals surface area contributed by atoms with E-state index in [-0.39, 0.29) is 23.5 Å². The Balaban J connectivity index is 1.94. The van der Waals surface area contributed by atoms with E-state index in [9.17, 15) is 13.2 Å². The van der Waals surface area contributed by atoms with Gasteiger partial charge in [0.05, 0.1) is 11.5 Å². The minimum Gasteiger partial charge on any atom is -0.370 e. The standard InChI is InChI=1S/C14H21N3O3S/c1-2-8-15-13-5-3-4-12(17-13)14(18)16-11-6-9-21(19,20)10-7-11/h3-5,11H,2,6-10H2,1H3,(H,15,17)(H,16,18). The van der Waals surface area contributed by atoms with Crippen LogP contribution < -0.4 is 10.6 Å². The van der Waals surface area contributed by atoms with Gasteiger partial charge in [0.2, 0.25) is 0 Å². The number of carbonyl (C=O) groups excluding carboxylic acids is 1. The van der Waals surface area contributed by atoms with E-state index in [1.807, 2.05) is 6.07 Å². The Labute approximate surface area is 125 Å². The number of hydrogen-bond donors (Lipinski definition) is 2. The summed E-state index contributed by atoms with van der Waals surface area (Å²) in [6.45, 7) is 2.86. The van der Waals surface area contributed by atoms with Gasteiger partial charge in [0.25, 0.3) is 5.91 Å². The number of nitrogens with zero attached hydrogens (tertiary/aromatic N) is 1. The molecule has 0 saturated carbocycles. The van der Waals surface area contributed by atoms with Crippen LogP contribution in [0.1, 0.15) is 36.7 Å². The Morgan fingerprint density at radius 1 is 1.33 bits per heavy atom. The molecule has 1 aromatic heterocycles. The van der Waals surface area contributed by atoms with Gasteiger partial charge in [-0.25, -0.2) is 13.4 Å². The molecule has 1 amide bonds. The zero-order valence-corrected chi connectivity index (χ0v) is 12.9. The summed E-state index contributed by atoms with van der Waals surface area (Å²) in [4.78, 5) is 16.4. The zero-order chi connectivity index (χ0) is 15.3. The van der Waals surface area contributed by atoms with Crippen LogP contribution in [0.25, 0.3) is 0 Å². The minimum absolute atomic E-state index is 0.0879. The lowest BCUT2D eigenvalue weighted by atomic mass is 10.1. The number of anilines is 1. The molecule has 0 spiro atoms. The normalized spacial score (nSPS) is 18.1. The zero-order valence-electron chi connectivity index (χ0n) is 12.1. The molecule has 6 nitrogen and oxygen atoms in total. The van der Waals surface area contributed by atoms with Crippen LogP contribution in [0, 0.1) is 0 Å². The van der Waals surface area contributed by atoms with Gasteiger partial charge in [-0.1, -0.05) is 13.0 Å². The van der Waals surface area contributed by atoms with Crippen LogP contribution in [0.15, 0.2) is 18.2 Å². The number of sulfone groups is 1. The number of aromatic nitrogens is 1. The molecule has 116 valence electrons. The summed E-state index contributed by atoms with van der Waals surface area (Å²) in [7, 11) is -2.91. The fourth-order valence-corrected chi connectivity index (χ4v) is 3.70. The van der Waals surface area contributed by atoms with Crippen molar-refractivity contribution in [3.05, 3.63) is 23.9 Å². The van der Waals surface area contributed by atoms with Gasteiger partial charge in [0.15, 0.2) is 0 Å². The third-order valence-electron chi connectivity index (χ3n) is 3.43. The first-order valence-corrected chi connectivity index (χ1v) is 9.04. The smallest absolute Gasteiger partial charge is 0.270 e. The van der Waals surface area contributed by atoms with Gasteiger partial charge in [-0.3, -0.25) is 4.79 Å². The molecule has 1 aromatic rings. The highest BCUT2D eigenvalue weighted by atomic mass is 32.2. The predicted molar refractivity (Wildman–Crippen MR) is 82.2 cm³/mol. The van der Waals surface area contributed by atoms with E-state index in [2.05, 4.69) is 22.5 Å². The van der Waals surface area contributed by atoms with Gasteiger partial charge in [0.1, 0.15) is 21.3 Å². The van der Waals surface area contributed by atoms with Crippen molar-refractivity contribution in [1.82, 2.24) is 10.3 Å². The third-order valence-corrected chi connectivity index (χ3v) is 5.14. The summed E-state index contributed by atoms with van der Waals surface area (Å²) in [5, 5.41) is 6.00. The first kappa shape index (κ1) is 15.8. The molecule has 1 aliphatic rings. The number of nitrogens with one attached hydrogen (secondary N) is 2. The quantitative estimate of drug-likeness (QED) is 0.853. The molecule has 2 rings (SSSR count). The number of carbonyl (C=O) groups is 1. The van der Waals surface area contributed by atoms with Crippen molar-refractivity contribution >= 4 is 21.6 Å². The maximum atomic E-state index is 12.1. The summed E-state index contributed by atoms with van der Waals surface area (Å²) in [6.07, 6.45) is 1.93. The summed E-state index contributed by atoms with van der Waals surface area (Å²) in [5.41, 5.74) is 0.351. The lowest BCUT2D eigenvalue weighted by molar-refractivity contribution is 0.0929. The maximum absolute atomic E-state index is 12.1. The van der Waals surface area contributed by atoms with Gasteiger partial charge >= 0.3 is 0 Å². The van der Waals surface area contributed by atoms with E-state index in [1.165, 1.54) is 0 Å². The van der Waals surface area contributed by atoms with Gasteiger partial charge in [0, 0.05) is 12.6 Å². The molecule has 0 radical (unpaired) electrons. The van der Waals surface area contributed by atoms with Crippen molar-refractivity contribution in [3.63, 3.8) is 0 Å². The van der Waals surface area contributed by atoms with E-state index in [0.29, 0.717) is 24.4 Å². The van der Waals surface area contributed by atoms with Gasteiger partial charge in [-0.05, 0) is 31.4 Å². The fourth-order valence-electron chi connectivity index (χ4n) is 2.21. The number of hydrogen-bond acceptors (Lipinski definition) is 5. The highest BCUT2D eigenvalue weighted by molar-refractivity contribution is 7.91. The van der Waals surface area contributed by atoms with Crippen LogP contribution in [0.4, 0.5) is 5.82 Å². The summed E-state index contributed by atoms with van der Waals surface area (Å²) < 4.78 is 22.7. The second-order valence-corrected chi connectivity index (χ2v) is 7.54. The highest BCUT2D eigenvalue weighted by Gasteiger charge is 2.25. The van der Waals surface area contributed by atoms with Gasteiger partial charge in [-0.2, -0.15) is 0 Å². The number of rotatable bonds is 5. The first-order chi connectivity index (χ1) is 10.00. The van der Waals surface area contributed by atoms with Crippen molar-refractivity contribution in [2.75, 3.05) is 23.4 Å². The van der Waals surface area contributed by atoms with Crippen LogP contribution in [0.2, 0.25) is 0 Å². The minimum atomic E-state index is -2.91. The van der Waals surface area contributed by atoms with E-state index >= 15 is 0 Å². The predicted octanol–water partition coefficient (Wildman–Crippen LogP) is 1.21. The molecule has 2 heterocycles. The summed E-state index contributed by atoms with van der Waals surface area (Å²) >= 11 is 0. The number of amides is 1. The Morgan fingerprint density at radius 3 is 2.71 bits per heavy atom. The van der Waals surface area contributed by atoms with E-state index in [1.54, 1.807) is 12.1 Å². The fraction of sp³-hybridized carbons (Fsp3) is 0.571. The average Bonchev–Trinajstić information content (AvgIpc) is 2.47. The molecule has 0 bridgehead atoms.